The van der Waals surface area contributed by atoms with Gasteiger partial charge in [-0.2, -0.15) is 0 Å². The van der Waals surface area contributed by atoms with E-state index in [9.17, 15) is 0 Å². The standard InChI is InChI=1S/C9H12Cl3NO/c10-9(11,12)8(13)14-7-4-5-1-2-6(7)3-5/h5-7,13H,1-4H2/t5-,6+,7-/m0/s1. The molecule has 2 saturated carbocycles. The van der Waals surface area contributed by atoms with E-state index in [0.717, 1.165) is 12.3 Å². The van der Waals surface area contributed by atoms with Crippen LogP contribution in [0.2, 0.25) is 0 Å². The second-order valence-corrected chi connectivity index (χ2v) is 6.44. The molecule has 0 aromatic heterocycles. The smallest absolute Gasteiger partial charge is 0.265 e. The molecular formula is C9H12Cl3NO. The number of halogens is 3. The van der Waals surface area contributed by atoms with Crippen molar-refractivity contribution >= 4 is 40.7 Å². The lowest BCUT2D eigenvalue weighted by molar-refractivity contribution is 0.122. The van der Waals surface area contributed by atoms with Crippen molar-refractivity contribution in [2.24, 2.45) is 11.8 Å². The summed E-state index contributed by atoms with van der Waals surface area (Å²) in [5.41, 5.74) is 0. The lowest BCUT2D eigenvalue weighted by atomic mass is 9.98. The van der Waals surface area contributed by atoms with Crippen LogP contribution in [-0.4, -0.2) is 15.8 Å². The van der Waals surface area contributed by atoms with E-state index < -0.39 is 3.79 Å². The van der Waals surface area contributed by atoms with Gasteiger partial charge in [0.25, 0.3) is 3.79 Å². The van der Waals surface area contributed by atoms with Crippen LogP contribution in [0.3, 0.4) is 0 Å². The van der Waals surface area contributed by atoms with Crippen molar-refractivity contribution < 1.29 is 4.74 Å². The minimum absolute atomic E-state index is 0.108. The van der Waals surface area contributed by atoms with Crippen LogP contribution in [0, 0.1) is 17.2 Å². The number of hydrogen-bond donors (Lipinski definition) is 1. The lowest BCUT2D eigenvalue weighted by Gasteiger charge is -2.25. The Hall–Kier alpha value is 0.340. The first-order valence-electron chi connectivity index (χ1n) is 4.79. The monoisotopic (exact) mass is 255 g/mol. The highest BCUT2D eigenvalue weighted by atomic mass is 35.6. The second-order valence-electron chi connectivity index (χ2n) is 4.16. The van der Waals surface area contributed by atoms with Gasteiger partial charge in [-0.25, -0.2) is 0 Å². The van der Waals surface area contributed by atoms with Gasteiger partial charge in [0, 0.05) is 0 Å². The molecule has 1 N–H and O–H groups in total. The summed E-state index contributed by atoms with van der Waals surface area (Å²) in [5, 5.41) is 7.47. The van der Waals surface area contributed by atoms with Crippen molar-refractivity contribution in [3.63, 3.8) is 0 Å². The Balaban J connectivity index is 1.90. The van der Waals surface area contributed by atoms with Crippen LogP contribution in [0.5, 0.6) is 0 Å². The summed E-state index contributed by atoms with van der Waals surface area (Å²) in [6.07, 6.45) is 4.84. The highest BCUT2D eigenvalue weighted by molar-refractivity contribution is 6.76. The van der Waals surface area contributed by atoms with E-state index in [1.165, 1.54) is 19.3 Å². The first-order valence-corrected chi connectivity index (χ1v) is 5.92. The van der Waals surface area contributed by atoms with Crippen LogP contribution < -0.4 is 0 Å². The first kappa shape index (κ1) is 10.8. The second kappa shape index (κ2) is 3.73. The van der Waals surface area contributed by atoms with Gasteiger partial charge in [0.2, 0.25) is 5.90 Å². The van der Waals surface area contributed by atoms with E-state index in [-0.39, 0.29) is 12.0 Å². The Morgan fingerprint density at radius 3 is 2.36 bits per heavy atom. The first-order chi connectivity index (χ1) is 6.47. The summed E-state index contributed by atoms with van der Waals surface area (Å²) in [5.74, 6) is 1.11. The number of hydrogen-bond acceptors (Lipinski definition) is 2. The molecule has 0 saturated heterocycles. The summed E-state index contributed by atoms with van der Waals surface area (Å²) in [7, 11) is 0. The summed E-state index contributed by atoms with van der Waals surface area (Å²) < 4.78 is 3.69. The number of alkyl halides is 3. The minimum atomic E-state index is -1.71. The van der Waals surface area contributed by atoms with Crippen molar-refractivity contribution in [2.75, 3.05) is 0 Å². The third kappa shape index (κ3) is 2.12. The molecule has 2 aliphatic rings. The molecule has 0 aromatic carbocycles. The summed E-state index contributed by atoms with van der Waals surface area (Å²) in [4.78, 5) is 0. The highest BCUT2D eigenvalue weighted by Crippen LogP contribution is 2.46. The van der Waals surface area contributed by atoms with Crippen molar-refractivity contribution in [1.29, 1.82) is 5.41 Å². The fourth-order valence-corrected chi connectivity index (χ4v) is 2.68. The maximum Gasteiger partial charge on any atom is 0.265 e. The quantitative estimate of drug-likeness (QED) is 0.434. The van der Waals surface area contributed by atoms with Crippen molar-refractivity contribution in [2.45, 2.75) is 35.6 Å². The zero-order chi connectivity index (χ0) is 10.3. The molecule has 2 fully saturated rings. The average Bonchev–Trinajstić information content (AvgIpc) is 2.62. The third-order valence-corrected chi connectivity index (χ3v) is 3.71. The van der Waals surface area contributed by atoms with E-state index in [2.05, 4.69) is 0 Å². The molecular weight excluding hydrogens is 244 g/mol. The van der Waals surface area contributed by atoms with Gasteiger partial charge in [0.15, 0.2) is 0 Å². The van der Waals surface area contributed by atoms with E-state index in [4.69, 9.17) is 44.9 Å². The fraction of sp³-hybridized carbons (Fsp3) is 0.889. The predicted octanol–water partition coefficient (Wildman–Crippen LogP) is 3.54. The molecule has 0 radical (unpaired) electrons. The number of rotatable bonds is 1. The largest absolute Gasteiger partial charge is 0.474 e. The molecule has 5 heteroatoms. The maximum atomic E-state index is 7.47. The van der Waals surface area contributed by atoms with E-state index in [1.807, 2.05) is 0 Å². The molecule has 0 heterocycles. The molecule has 2 nitrogen and oxygen atoms in total. The summed E-state index contributed by atoms with van der Waals surface area (Å²) in [6, 6.07) is 0. The SMILES string of the molecule is N=C(O[C@H]1C[C@H]2CC[C@@H]1C2)C(Cl)(Cl)Cl. The fourth-order valence-electron chi connectivity index (χ4n) is 2.55. The Kier molecular flexibility index (Phi) is 2.89. The zero-order valence-electron chi connectivity index (χ0n) is 7.60. The van der Waals surface area contributed by atoms with Gasteiger partial charge >= 0.3 is 0 Å². The lowest BCUT2D eigenvalue weighted by Crippen LogP contribution is -2.30. The molecule has 14 heavy (non-hydrogen) atoms. The zero-order valence-corrected chi connectivity index (χ0v) is 9.87. The van der Waals surface area contributed by atoms with Gasteiger partial charge in [-0.15, -0.1) is 0 Å². The van der Waals surface area contributed by atoms with Crippen LogP contribution in [0.4, 0.5) is 0 Å². The molecule has 0 amide bonds. The molecule has 2 bridgehead atoms. The molecule has 0 unspecified atom stereocenters. The third-order valence-electron chi connectivity index (χ3n) is 3.20. The molecule has 0 aromatic rings. The topological polar surface area (TPSA) is 33.1 Å². The molecule has 3 atom stereocenters. The highest BCUT2D eigenvalue weighted by Gasteiger charge is 2.43. The minimum Gasteiger partial charge on any atom is -0.474 e. The van der Waals surface area contributed by atoms with Gasteiger partial charge in [-0.1, -0.05) is 34.8 Å². The van der Waals surface area contributed by atoms with Crippen molar-refractivity contribution in [1.82, 2.24) is 0 Å². The summed E-state index contributed by atoms with van der Waals surface area (Å²) >= 11 is 16.6. The average molecular weight is 257 g/mol. The van der Waals surface area contributed by atoms with E-state index in [0.29, 0.717) is 5.92 Å². The Bertz CT molecular complexity index is 251. The number of nitrogens with one attached hydrogen (secondary N) is 1. The normalized spacial score (nSPS) is 36.1. The molecule has 2 aliphatic carbocycles. The Labute approximate surface area is 98.4 Å². The van der Waals surface area contributed by atoms with Crippen LogP contribution in [-0.2, 0) is 4.74 Å². The van der Waals surface area contributed by atoms with E-state index >= 15 is 0 Å². The van der Waals surface area contributed by atoms with Crippen LogP contribution >= 0.6 is 34.8 Å². The Morgan fingerprint density at radius 2 is 1.93 bits per heavy atom. The van der Waals surface area contributed by atoms with Crippen LogP contribution in [0.15, 0.2) is 0 Å². The number of ether oxygens (including phenoxy) is 1. The van der Waals surface area contributed by atoms with Gasteiger partial charge in [0.1, 0.15) is 6.10 Å². The Morgan fingerprint density at radius 1 is 1.21 bits per heavy atom. The molecule has 80 valence electrons. The molecule has 2 rings (SSSR count). The van der Waals surface area contributed by atoms with Crippen LogP contribution in [0.1, 0.15) is 25.7 Å². The molecule has 0 spiro atoms. The molecule has 0 aliphatic heterocycles. The maximum absolute atomic E-state index is 7.47. The van der Waals surface area contributed by atoms with Gasteiger partial charge in [-0.05, 0) is 37.5 Å². The van der Waals surface area contributed by atoms with E-state index in [1.54, 1.807) is 0 Å². The van der Waals surface area contributed by atoms with Gasteiger partial charge in [0.05, 0.1) is 0 Å². The van der Waals surface area contributed by atoms with Gasteiger partial charge < -0.3 is 4.74 Å². The summed E-state index contributed by atoms with van der Waals surface area (Å²) in [6.45, 7) is 0. The van der Waals surface area contributed by atoms with Crippen molar-refractivity contribution in [3.8, 4) is 0 Å². The van der Waals surface area contributed by atoms with Crippen LogP contribution in [0.25, 0.3) is 0 Å². The number of fused-ring (bicyclic) bond motifs is 2. The van der Waals surface area contributed by atoms with Crippen molar-refractivity contribution in [3.05, 3.63) is 0 Å². The predicted molar refractivity (Wildman–Crippen MR) is 58.3 cm³/mol. The van der Waals surface area contributed by atoms with Gasteiger partial charge in [-0.3, -0.25) is 5.41 Å².